The number of hydrogen-bond acceptors (Lipinski definition) is 2. The maximum atomic E-state index is 6.63. The first-order valence-electron chi connectivity index (χ1n) is 10.7. The maximum Gasteiger partial charge on any atom is 0.119 e. The zero-order valence-electron chi connectivity index (χ0n) is 17.3. The summed E-state index contributed by atoms with van der Waals surface area (Å²) in [5.41, 5.74) is 3.53. The zero-order chi connectivity index (χ0) is 18.5. The number of ether oxygens (including phenoxy) is 2. The van der Waals surface area contributed by atoms with Gasteiger partial charge >= 0.3 is 0 Å². The first-order valence-corrected chi connectivity index (χ1v) is 10.7. The van der Waals surface area contributed by atoms with Crippen molar-refractivity contribution in [2.24, 2.45) is 17.3 Å². The van der Waals surface area contributed by atoms with E-state index < -0.39 is 0 Å². The summed E-state index contributed by atoms with van der Waals surface area (Å²) >= 11 is 0. The highest BCUT2D eigenvalue weighted by Crippen LogP contribution is 2.63. The molecular weight excluding hydrogens is 320 g/mol. The van der Waals surface area contributed by atoms with E-state index in [2.05, 4.69) is 45.9 Å². The minimum absolute atomic E-state index is 0.0366. The standard InChI is InChI=1S/C24H36O2/c1-6-24-14-13-18-19(21(24)11-12-22(24)26-23(2,3)4)10-8-16-7-9-17(25-5)15-20(16)18/h7,9,15,18-19,21-22H,6,8,10-14H2,1-5H3/t18-,19+,21-,22-,24-/m0/s1. The lowest BCUT2D eigenvalue weighted by atomic mass is 9.54. The van der Waals surface area contributed by atoms with Gasteiger partial charge < -0.3 is 9.47 Å². The Morgan fingerprint density at radius 3 is 2.62 bits per heavy atom. The smallest absolute Gasteiger partial charge is 0.119 e. The number of hydrogen-bond donors (Lipinski definition) is 0. The summed E-state index contributed by atoms with van der Waals surface area (Å²) in [5, 5.41) is 0. The number of rotatable bonds is 3. The second kappa shape index (κ2) is 6.55. The Morgan fingerprint density at radius 2 is 1.92 bits per heavy atom. The van der Waals surface area contributed by atoms with Gasteiger partial charge in [0.25, 0.3) is 0 Å². The van der Waals surface area contributed by atoms with E-state index in [0.717, 1.165) is 23.5 Å². The van der Waals surface area contributed by atoms with Crippen molar-refractivity contribution >= 4 is 0 Å². The third kappa shape index (κ3) is 2.89. The minimum atomic E-state index is -0.0366. The minimum Gasteiger partial charge on any atom is -0.497 e. The van der Waals surface area contributed by atoms with E-state index in [1.807, 2.05) is 0 Å². The van der Waals surface area contributed by atoms with Crippen molar-refractivity contribution in [1.29, 1.82) is 0 Å². The molecule has 0 bridgehead atoms. The maximum absolute atomic E-state index is 6.63. The predicted molar refractivity (Wildman–Crippen MR) is 107 cm³/mol. The third-order valence-electron chi connectivity index (χ3n) is 7.73. The highest BCUT2D eigenvalue weighted by molar-refractivity contribution is 5.41. The van der Waals surface area contributed by atoms with E-state index in [4.69, 9.17) is 9.47 Å². The average Bonchev–Trinajstić information content (AvgIpc) is 2.98. The fourth-order valence-corrected chi connectivity index (χ4v) is 6.70. The van der Waals surface area contributed by atoms with Gasteiger partial charge in [-0.25, -0.2) is 0 Å². The molecule has 3 aliphatic carbocycles. The SMILES string of the molecule is CC[C@]12CC[C@@H]3c4cc(OC)ccc4CC[C@H]3[C@@H]1CC[C@@H]2OC(C)(C)C. The molecule has 2 fully saturated rings. The summed E-state index contributed by atoms with van der Waals surface area (Å²) in [7, 11) is 1.79. The summed E-state index contributed by atoms with van der Waals surface area (Å²) < 4.78 is 12.2. The molecule has 5 atom stereocenters. The van der Waals surface area contributed by atoms with E-state index in [9.17, 15) is 0 Å². The van der Waals surface area contributed by atoms with Gasteiger partial charge in [0.05, 0.1) is 18.8 Å². The van der Waals surface area contributed by atoms with Crippen LogP contribution in [0, 0.1) is 17.3 Å². The molecule has 1 aromatic carbocycles. The molecule has 4 rings (SSSR count). The second-order valence-corrected chi connectivity index (χ2v) is 9.90. The van der Waals surface area contributed by atoms with E-state index in [1.165, 1.54) is 44.9 Å². The Hall–Kier alpha value is -1.02. The second-order valence-electron chi connectivity index (χ2n) is 9.90. The van der Waals surface area contributed by atoms with E-state index >= 15 is 0 Å². The van der Waals surface area contributed by atoms with E-state index in [-0.39, 0.29) is 5.60 Å². The van der Waals surface area contributed by atoms with Crippen LogP contribution in [-0.4, -0.2) is 18.8 Å². The van der Waals surface area contributed by atoms with Gasteiger partial charge in [-0.05, 0) is 112 Å². The Labute approximate surface area is 159 Å². The summed E-state index contributed by atoms with van der Waals surface area (Å²) in [6.45, 7) is 9.08. The van der Waals surface area contributed by atoms with Gasteiger partial charge in [0, 0.05) is 0 Å². The summed E-state index contributed by atoms with van der Waals surface area (Å²) in [6.07, 6.45) is 9.57. The normalized spacial score (nSPS) is 36.2. The molecule has 3 aliphatic rings. The predicted octanol–water partition coefficient (Wildman–Crippen LogP) is 6.13. The van der Waals surface area contributed by atoms with Crippen LogP contribution in [0.25, 0.3) is 0 Å². The molecular formula is C24H36O2. The number of aryl methyl sites for hydroxylation is 1. The number of methoxy groups -OCH3 is 1. The Balaban J connectivity index is 1.64. The molecule has 0 amide bonds. The summed E-state index contributed by atoms with van der Waals surface area (Å²) in [4.78, 5) is 0. The van der Waals surface area contributed by atoms with Crippen molar-refractivity contribution in [3.05, 3.63) is 29.3 Å². The van der Waals surface area contributed by atoms with Crippen molar-refractivity contribution in [3.8, 4) is 5.75 Å². The van der Waals surface area contributed by atoms with Crippen molar-refractivity contribution in [2.45, 2.75) is 90.3 Å². The fraction of sp³-hybridized carbons (Fsp3) is 0.750. The molecule has 144 valence electrons. The molecule has 0 saturated heterocycles. The topological polar surface area (TPSA) is 18.5 Å². The first-order chi connectivity index (χ1) is 12.4. The van der Waals surface area contributed by atoms with Crippen LogP contribution in [0.2, 0.25) is 0 Å². The van der Waals surface area contributed by atoms with Crippen LogP contribution in [0.5, 0.6) is 5.75 Å². The molecule has 26 heavy (non-hydrogen) atoms. The molecule has 2 saturated carbocycles. The molecule has 0 N–H and O–H groups in total. The van der Waals surface area contributed by atoms with Gasteiger partial charge in [0.1, 0.15) is 5.75 Å². The Kier molecular flexibility index (Phi) is 4.62. The first kappa shape index (κ1) is 18.3. The average molecular weight is 357 g/mol. The van der Waals surface area contributed by atoms with Gasteiger partial charge in [-0.15, -0.1) is 0 Å². The summed E-state index contributed by atoms with van der Waals surface area (Å²) in [5.74, 6) is 3.42. The van der Waals surface area contributed by atoms with Gasteiger partial charge in [-0.3, -0.25) is 0 Å². The largest absolute Gasteiger partial charge is 0.497 e. The number of benzene rings is 1. The van der Waals surface area contributed by atoms with Crippen molar-refractivity contribution in [2.75, 3.05) is 7.11 Å². The highest BCUT2D eigenvalue weighted by Gasteiger charge is 2.57. The molecule has 0 aromatic heterocycles. The zero-order valence-corrected chi connectivity index (χ0v) is 17.3. The lowest BCUT2D eigenvalue weighted by Gasteiger charge is -2.52. The molecule has 0 spiro atoms. The van der Waals surface area contributed by atoms with Gasteiger partial charge in [0.2, 0.25) is 0 Å². The molecule has 0 radical (unpaired) electrons. The third-order valence-corrected chi connectivity index (χ3v) is 7.73. The van der Waals surface area contributed by atoms with Crippen molar-refractivity contribution in [3.63, 3.8) is 0 Å². The molecule has 1 aromatic rings. The van der Waals surface area contributed by atoms with E-state index in [1.54, 1.807) is 18.2 Å². The summed E-state index contributed by atoms with van der Waals surface area (Å²) in [6, 6.07) is 6.79. The fourth-order valence-electron chi connectivity index (χ4n) is 6.70. The quantitative estimate of drug-likeness (QED) is 0.649. The molecule has 2 nitrogen and oxygen atoms in total. The van der Waals surface area contributed by atoms with Crippen LogP contribution in [0.15, 0.2) is 18.2 Å². The highest BCUT2D eigenvalue weighted by atomic mass is 16.5. The molecule has 0 heterocycles. The van der Waals surface area contributed by atoms with Crippen LogP contribution < -0.4 is 4.74 Å². The molecule has 0 aliphatic heterocycles. The monoisotopic (exact) mass is 356 g/mol. The Morgan fingerprint density at radius 1 is 1.12 bits per heavy atom. The molecule has 2 heteroatoms. The van der Waals surface area contributed by atoms with Crippen LogP contribution in [-0.2, 0) is 11.2 Å². The van der Waals surface area contributed by atoms with Crippen molar-refractivity contribution in [1.82, 2.24) is 0 Å². The lowest BCUT2D eigenvalue weighted by Crippen LogP contribution is -2.47. The van der Waals surface area contributed by atoms with Gasteiger partial charge in [-0.1, -0.05) is 13.0 Å². The van der Waals surface area contributed by atoms with Crippen molar-refractivity contribution < 1.29 is 9.47 Å². The van der Waals surface area contributed by atoms with Crippen LogP contribution in [0.4, 0.5) is 0 Å². The van der Waals surface area contributed by atoms with Gasteiger partial charge in [0.15, 0.2) is 0 Å². The Bertz CT molecular complexity index is 659. The van der Waals surface area contributed by atoms with Crippen LogP contribution >= 0.6 is 0 Å². The molecule has 0 unspecified atom stereocenters. The van der Waals surface area contributed by atoms with E-state index in [0.29, 0.717) is 11.5 Å². The van der Waals surface area contributed by atoms with Gasteiger partial charge in [-0.2, -0.15) is 0 Å². The lowest BCUT2D eigenvalue weighted by molar-refractivity contribution is -0.133. The van der Waals surface area contributed by atoms with Crippen LogP contribution in [0.1, 0.15) is 83.3 Å². The number of fused-ring (bicyclic) bond motifs is 5. The van der Waals surface area contributed by atoms with Crippen LogP contribution in [0.3, 0.4) is 0 Å².